The van der Waals surface area contributed by atoms with E-state index >= 15 is 0 Å². The first kappa shape index (κ1) is 27.1. The van der Waals surface area contributed by atoms with E-state index in [0.717, 1.165) is 31.2 Å². The van der Waals surface area contributed by atoms with Gasteiger partial charge in [-0.3, -0.25) is 4.79 Å². The molecule has 0 fully saturated rings. The Balaban J connectivity index is 2.14. The molecule has 0 saturated heterocycles. The van der Waals surface area contributed by atoms with Crippen molar-refractivity contribution in [2.75, 3.05) is 14.2 Å². The van der Waals surface area contributed by atoms with Gasteiger partial charge in [0.1, 0.15) is 28.4 Å². The first-order valence-corrected chi connectivity index (χ1v) is 11.3. The molecule has 1 heterocycles. The van der Waals surface area contributed by atoms with Crippen molar-refractivity contribution in [1.29, 1.82) is 0 Å². The highest BCUT2D eigenvalue weighted by Gasteiger charge is 2.20. The molecule has 0 aliphatic rings. The molecule has 2 aromatic rings. The maximum absolute atomic E-state index is 12.4. The average molecular weight is 491 g/mol. The lowest BCUT2D eigenvalue weighted by molar-refractivity contribution is -0.154. The van der Waals surface area contributed by atoms with Crippen LogP contribution in [0.2, 0.25) is 5.15 Å². The van der Waals surface area contributed by atoms with E-state index in [-0.39, 0.29) is 22.6 Å². The van der Waals surface area contributed by atoms with Crippen LogP contribution in [0.25, 0.3) is 5.57 Å². The summed E-state index contributed by atoms with van der Waals surface area (Å²) in [6.45, 7) is 5.57. The van der Waals surface area contributed by atoms with E-state index in [1.54, 1.807) is 6.07 Å². The predicted molar refractivity (Wildman–Crippen MR) is 129 cm³/mol. The number of benzene rings is 1. The van der Waals surface area contributed by atoms with Gasteiger partial charge in [0.05, 0.1) is 20.5 Å². The van der Waals surface area contributed by atoms with Crippen LogP contribution in [0.5, 0.6) is 11.6 Å². The normalized spacial score (nSPS) is 11.6. The molecule has 0 aliphatic carbocycles. The van der Waals surface area contributed by atoms with Gasteiger partial charge in [0.15, 0.2) is 0 Å². The summed E-state index contributed by atoms with van der Waals surface area (Å²) < 4.78 is 21.3. The summed E-state index contributed by atoms with van der Waals surface area (Å²) in [6.07, 6.45) is 6.22. The van der Waals surface area contributed by atoms with Gasteiger partial charge in [-0.05, 0) is 57.7 Å². The van der Waals surface area contributed by atoms with Crippen LogP contribution in [-0.4, -0.2) is 41.7 Å². The Morgan fingerprint density at radius 1 is 1.06 bits per heavy atom. The lowest BCUT2D eigenvalue weighted by Crippen LogP contribution is -2.23. The molecule has 184 valence electrons. The molecule has 1 aromatic carbocycles. The zero-order valence-corrected chi connectivity index (χ0v) is 21.0. The largest absolute Gasteiger partial charge is 0.503 e. The fraction of sp³-hybridized carbons (Fsp3) is 0.440. The van der Waals surface area contributed by atoms with Gasteiger partial charge >= 0.3 is 11.9 Å². The van der Waals surface area contributed by atoms with Crippen LogP contribution in [0.1, 0.15) is 57.6 Å². The monoisotopic (exact) mass is 490 g/mol. The minimum absolute atomic E-state index is 0.187. The number of hydrogen-bond acceptors (Lipinski definition) is 8. The van der Waals surface area contributed by atoms with Gasteiger partial charge in [0.25, 0.3) is 0 Å². The molecule has 0 saturated carbocycles. The van der Waals surface area contributed by atoms with Gasteiger partial charge in [-0.15, -0.1) is 0 Å². The molecule has 0 aliphatic heterocycles. The fourth-order valence-corrected chi connectivity index (χ4v) is 3.27. The van der Waals surface area contributed by atoms with Crippen LogP contribution >= 0.6 is 11.6 Å². The second-order valence-electron chi connectivity index (χ2n) is 8.52. The van der Waals surface area contributed by atoms with E-state index in [0.29, 0.717) is 17.7 Å². The Labute approximate surface area is 205 Å². The lowest BCUT2D eigenvalue weighted by atomic mass is 9.99. The Kier molecular flexibility index (Phi) is 10.3. The van der Waals surface area contributed by atoms with Gasteiger partial charge in [-0.1, -0.05) is 24.1 Å². The van der Waals surface area contributed by atoms with Gasteiger partial charge in [0, 0.05) is 18.1 Å². The number of rotatable bonds is 11. The number of carbonyl (C=O) groups excluding carboxylic acids is 2. The van der Waals surface area contributed by atoms with Crippen molar-refractivity contribution in [3.8, 4) is 11.6 Å². The van der Waals surface area contributed by atoms with Crippen LogP contribution in [0.3, 0.4) is 0 Å². The van der Waals surface area contributed by atoms with Gasteiger partial charge in [-0.2, -0.15) is 0 Å². The smallest absolute Gasteiger partial charge is 0.341 e. The van der Waals surface area contributed by atoms with E-state index in [4.69, 9.17) is 30.5 Å². The molecule has 9 heteroatoms. The van der Waals surface area contributed by atoms with Crippen molar-refractivity contribution >= 4 is 29.1 Å². The summed E-state index contributed by atoms with van der Waals surface area (Å²) in [6, 6.07) is 7.00. The molecule has 0 spiro atoms. The minimum Gasteiger partial charge on any atom is -0.503 e. The van der Waals surface area contributed by atoms with E-state index in [1.807, 2.05) is 32.9 Å². The van der Waals surface area contributed by atoms with E-state index in [1.165, 1.54) is 32.9 Å². The minimum atomic E-state index is -0.568. The molecular formula is C25H31ClN2O6. The third-order valence-electron chi connectivity index (χ3n) is 4.56. The fourth-order valence-electron chi connectivity index (χ4n) is 3.14. The SMILES string of the molecule is CO/C=C(/C(=O)OC)c1cc(CCCCCC(=O)OC(C)(C)C)ccc1Oc1cc(Cl)ncn1. The molecular weight excluding hydrogens is 460 g/mol. The summed E-state index contributed by atoms with van der Waals surface area (Å²) in [5.74, 6) is -0.134. The van der Waals surface area contributed by atoms with Crippen LogP contribution in [0.15, 0.2) is 36.9 Å². The molecule has 0 atom stereocenters. The van der Waals surface area contributed by atoms with Crippen LogP contribution in [0, 0.1) is 0 Å². The van der Waals surface area contributed by atoms with E-state index in [9.17, 15) is 9.59 Å². The molecule has 0 bridgehead atoms. The first-order chi connectivity index (χ1) is 16.1. The summed E-state index contributed by atoms with van der Waals surface area (Å²) in [4.78, 5) is 32.2. The Bertz CT molecular complexity index is 1020. The van der Waals surface area contributed by atoms with Gasteiger partial charge < -0.3 is 18.9 Å². The number of hydrogen-bond donors (Lipinski definition) is 0. The number of esters is 2. The molecule has 1 aromatic heterocycles. The second kappa shape index (κ2) is 12.9. The zero-order valence-electron chi connectivity index (χ0n) is 20.2. The third kappa shape index (κ3) is 9.02. The number of halogens is 1. The lowest BCUT2D eigenvalue weighted by Gasteiger charge is -2.19. The van der Waals surface area contributed by atoms with Crippen molar-refractivity contribution in [2.24, 2.45) is 0 Å². The average Bonchev–Trinajstić information content (AvgIpc) is 2.76. The van der Waals surface area contributed by atoms with Crippen molar-refractivity contribution in [1.82, 2.24) is 9.97 Å². The van der Waals surface area contributed by atoms with Crippen LogP contribution < -0.4 is 4.74 Å². The number of unbranched alkanes of at least 4 members (excludes halogenated alkanes) is 2. The maximum atomic E-state index is 12.4. The van der Waals surface area contributed by atoms with Gasteiger partial charge in [0.2, 0.25) is 5.88 Å². The Morgan fingerprint density at radius 2 is 1.82 bits per heavy atom. The molecule has 2 rings (SSSR count). The zero-order chi connectivity index (χ0) is 25.1. The van der Waals surface area contributed by atoms with Crippen LogP contribution in [-0.2, 0) is 30.2 Å². The van der Waals surface area contributed by atoms with Crippen molar-refractivity contribution < 1.29 is 28.5 Å². The summed E-state index contributed by atoms with van der Waals surface area (Å²) in [5, 5.41) is 0.232. The number of carbonyl (C=O) groups is 2. The number of aromatic nitrogens is 2. The highest BCUT2D eigenvalue weighted by Crippen LogP contribution is 2.32. The number of methoxy groups -OCH3 is 2. The quantitative estimate of drug-likeness (QED) is 0.133. The Morgan fingerprint density at radius 3 is 2.47 bits per heavy atom. The highest BCUT2D eigenvalue weighted by atomic mass is 35.5. The predicted octanol–water partition coefficient (Wildman–Crippen LogP) is 5.53. The third-order valence-corrected chi connectivity index (χ3v) is 4.77. The molecule has 0 amide bonds. The standard InChI is InChI=1S/C25H31ClN2O6/c1-25(2,3)34-23(29)10-8-6-7-9-17-11-12-20(33-22-14-21(26)27-16-28-22)18(13-17)19(15-31-4)24(30)32-5/h11-16H,6-10H2,1-5H3/b19-15+. The first-order valence-electron chi connectivity index (χ1n) is 10.9. The molecule has 0 radical (unpaired) electrons. The molecule has 34 heavy (non-hydrogen) atoms. The summed E-state index contributed by atoms with van der Waals surface area (Å²) >= 11 is 5.93. The number of aryl methyl sites for hydroxylation is 1. The highest BCUT2D eigenvalue weighted by molar-refractivity contribution is 6.29. The topological polar surface area (TPSA) is 96.8 Å². The summed E-state index contributed by atoms with van der Waals surface area (Å²) in [5.41, 5.74) is 1.22. The molecule has 8 nitrogen and oxygen atoms in total. The Hall–Kier alpha value is -3.13. The van der Waals surface area contributed by atoms with Crippen molar-refractivity contribution in [2.45, 2.75) is 58.5 Å². The van der Waals surface area contributed by atoms with Crippen molar-refractivity contribution in [3.05, 3.63) is 53.1 Å². The van der Waals surface area contributed by atoms with E-state index < -0.39 is 11.6 Å². The maximum Gasteiger partial charge on any atom is 0.341 e. The summed E-state index contributed by atoms with van der Waals surface area (Å²) in [7, 11) is 2.74. The van der Waals surface area contributed by atoms with Crippen molar-refractivity contribution in [3.63, 3.8) is 0 Å². The number of nitrogens with zero attached hydrogens (tertiary/aromatic N) is 2. The second-order valence-corrected chi connectivity index (χ2v) is 8.90. The number of ether oxygens (including phenoxy) is 4. The molecule has 0 N–H and O–H groups in total. The van der Waals surface area contributed by atoms with E-state index in [2.05, 4.69) is 9.97 Å². The van der Waals surface area contributed by atoms with Gasteiger partial charge in [-0.25, -0.2) is 14.8 Å². The molecule has 0 unspecified atom stereocenters. The van der Waals surface area contributed by atoms with Crippen LogP contribution in [0.4, 0.5) is 0 Å².